The van der Waals surface area contributed by atoms with E-state index in [4.69, 9.17) is 5.73 Å². The van der Waals surface area contributed by atoms with Gasteiger partial charge in [0.25, 0.3) is 0 Å². The van der Waals surface area contributed by atoms with E-state index in [0.717, 1.165) is 36.5 Å². The van der Waals surface area contributed by atoms with Gasteiger partial charge in [0.05, 0.1) is 0 Å². The van der Waals surface area contributed by atoms with Crippen LogP contribution in [0.15, 0.2) is 47.1 Å². The monoisotopic (exact) mass is 458 g/mol. The normalized spacial score (nSPS) is 18.2. The Morgan fingerprint density at radius 3 is 2.92 bits per heavy atom. The number of imidazole rings is 1. The summed E-state index contributed by atoms with van der Waals surface area (Å²) in [7, 11) is 0. The summed E-state index contributed by atoms with van der Waals surface area (Å²) in [6, 6.07) is 2.36. The van der Waals surface area contributed by atoms with E-state index < -0.39 is 32.8 Å². The standard InChI is InChI=1S/C19H16F2N4.Sn/c1-2-3-4-5-6-7-15-17-10-23-16(11-25(17)12-24-15)18-13(20)8-9-14(22)19(18)21;/h1-2,6,8-12H,3-5,22H2;. The third kappa shape index (κ3) is 3.13. The molecule has 0 amide bonds. The number of anilines is 1. The van der Waals surface area contributed by atoms with Crippen LogP contribution >= 0.6 is 0 Å². The zero-order chi connectivity index (χ0) is 18.1. The minimum atomic E-state index is -0.831. The minimum absolute atomic E-state index is 0.103. The molecule has 0 aliphatic carbocycles. The molecule has 2 aromatic heterocycles. The molecule has 0 unspecified atom stereocenters. The van der Waals surface area contributed by atoms with Gasteiger partial charge in [0.1, 0.15) is 0 Å². The van der Waals surface area contributed by atoms with Crippen molar-refractivity contribution < 1.29 is 8.78 Å². The van der Waals surface area contributed by atoms with Crippen LogP contribution < -0.4 is 5.73 Å². The number of halogens is 2. The number of nitrogen functional groups attached to an aromatic ring is 1. The number of fused-ring (bicyclic) bond motifs is 1. The van der Waals surface area contributed by atoms with Crippen LogP contribution in [0, 0.1) is 11.6 Å². The van der Waals surface area contributed by atoms with E-state index in [1.54, 1.807) is 23.1 Å². The van der Waals surface area contributed by atoms with E-state index in [2.05, 4.69) is 26.2 Å². The molecule has 2 radical (unpaired) electrons. The topological polar surface area (TPSA) is 56.2 Å². The van der Waals surface area contributed by atoms with E-state index >= 15 is 0 Å². The van der Waals surface area contributed by atoms with Crippen molar-refractivity contribution in [1.29, 1.82) is 0 Å². The second kappa shape index (κ2) is 7.18. The molecule has 4 rings (SSSR count). The zero-order valence-electron chi connectivity index (χ0n) is 13.9. The zero-order valence-corrected chi connectivity index (χ0v) is 16.8. The molecule has 1 aliphatic rings. The molecule has 0 saturated heterocycles. The Balaban J connectivity index is 1.79. The van der Waals surface area contributed by atoms with Crippen LogP contribution in [0.4, 0.5) is 14.5 Å². The predicted molar refractivity (Wildman–Crippen MR) is 99.5 cm³/mol. The van der Waals surface area contributed by atoms with E-state index in [1.807, 2.05) is 0 Å². The van der Waals surface area contributed by atoms with Crippen molar-refractivity contribution in [2.24, 2.45) is 0 Å². The van der Waals surface area contributed by atoms with Gasteiger partial charge in [-0.25, -0.2) is 0 Å². The number of allylic oxidation sites excluding steroid dienone is 2. The molecule has 2 N–H and O–H groups in total. The van der Waals surface area contributed by atoms with E-state index in [9.17, 15) is 8.78 Å². The van der Waals surface area contributed by atoms with Gasteiger partial charge in [0.2, 0.25) is 0 Å². The number of hydrogen-bond donors (Lipinski definition) is 1. The van der Waals surface area contributed by atoms with Gasteiger partial charge in [-0.2, -0.15) is 0 Å². The average Bonchev–Trinajstić information content (AvgIpc) is 3.02. The molecule has 3 heterocycles. The molecule has 4 nitrogen and oxygen atoms in total. The fraction of sp³-hybridized carbons (Fsp3) is 0.158. The Labute approximate surface area is 159 Å². The molecule has 26 heavy (non-hydrogen) atoms. The first-order valence-corrected chi connectivity index (χ1v) is 11.4. The van der Waals surface area contributed by atoms with Crippen molar-refractivity contribution in [2.75, 3.05) is 5.73 Å². The second-order valence-corrected chi connectivity index (χ2v) is 9.39. The van der Waals surface area contributed by atoms with Gasteiger partial charge in [0, 0.05) is 0 Å². The van der Waals surface area contributed by atoms with Gasteiger partial charge < -0.3 is 0 Å². The molecule has 130 valence electrons. The van der Waals surface area contributed by atoms with Crippen LogP contribution in [0.25, 0.3) is 20.4 Å². The van der Waals surface area contributed by atoms with Crippen LogP contribution in [0.5, 0.6) is 0 Å². The van der Waals surface area contributed by atoms with Gasteiger partial charge in [-0.05, 0) is 0 Å². The summed E-state index contributed by atoms with van der Waals surface area (Å²) in [4.78, 5) is 8.83. The summed E-state index contributed by atoms with van der Waals surface area (Å²) < 4.78 is 33.8. The molecule has 1 aromatic carbocycles. The molecule has 0 spiro atoms. The molecule has 0 saturated carbocycles. The number of nitrogens with zero attached hydrogens (tertiary/aromatic N) is 3. The van der Waals surface area contributed by atoms with Crippen molar-refractivity contribution in [3.63, 3.8) is 0 Å². The Morgan fingerprint density at radius 1 is 1.15 bits per heavy atom. The predicted octanol–water partition coefficient (Wildman–Crippen LogP) is 4.00. The Bertz CT molecular complexity index is 1040. The van der Waals surface area contributed by atoms with E-state index in [-0.39, 0.29) is 16.9 Å². The van der Waals surface area contributed by atoms with Crippen molar-refractivity contribution in [1.82, 2.24) is 14.4 Å². The first-order chi connectivity index (χ1) is 12.6. The van der Waals surface area contributed by atoms with Crippen LogP contribution in [0.2, 0.25) is 0 Å². The maximum absolute atomic E-state index is 14.3. The summed E-state index contributed by atoms with van der Waals surface area (Å²) in [5, 5.41) is 0. The summed E-state index contributed by atoms with van der Waals surface area (Å²) in [6.45, 7) is 0. The van der Waals surface area contributed by atoms with Crippen LogP contribution in [0.1, 0.15) is 25.0 Å². The summed E-state index contributed by atoms with van der Waals surface area (Å²) in [6.07, 6.45) is 12.8. The fourth-order valence-corrected chi connectivity index (χ4v) is 5.99. The van der Waals surface area contributed by atoms with Crippen molar-refractivity contribution in [2.45, 2.75) is 19.3 Å². The first-order valence-electron chi connectivity index (χ1n) is 8.34. The third-order valence-corrected chi connectivity index (χ3v) is 7.63. The Hall–Kier alpha value is -2.22. The van der Waals surface area contributed by atoms with Crippen LogP contribution in [0.3, 0.4) is 0 Å². The number of rotatable bonds is 2. The molecular weight excluding hydrogens is 441 g/mol. The second-order valence-electron chi connectivity index (χ2n) is 6.08. The van der Waals surface area contributed by atoms with Gasteiger partial charge >= 0.3 is 160 Å². The number of aromatic nitrogens is 3. The number of nitrogens with two attached hydrogens (primary N) is 1. The molecule has 7 heteroatoms. The van der Waals surface area contributed by atoms with Crippen LogP contribution in [-0.4, -0.2) is 35.5 Å². The van der Waals surface area contributed by atoms with Gasteiger partial charge in [-0.15, -0.1) is 0 Å². The maximum atomic E-state index is 14.3. The molecular formula is C19H16F2N4Sn. The summed E-state index contributed by atoms with van der Waals surface area (Å²) in [5.74, 6) is -1.48. The van der Waals surface area contributed by atoms with Crippen molar-refractivity contribution in [3.8, 4) is 11.3 Å². The molecule has 0 atom stereocenters. The fourth-order valence-electron chi connectivity index (χ4n) is 2.98. The third-order valence-electron chi connectivity index (χ3n) is 4.33. The van der Waals surface area contributed by atoms with E-state index in [1.165, 1.54) is 9.66 Å². The molecule has 0 fully saturated rings. The SMILES string of the molecule is Nc1ccc(F)c(-c2cn3cnc(/[C]4=C\CCC/C=[CH]\[Sn]4)c3cn2)c1F. The van der Waals surface area contributed by atoms with Gasteiger partial charge in [0.15, 0.2) is 0 Å². The molecule has 3 aromatic rings. The summed E-state index contributed by atoms with van der Waals surface area (Å²) >= 11 is -0.831. The summed E-state index contributed by atoms with van der Waals surface area (Å²) in [5.41, 5.74) is 7.22. The van der Waals surface area contributed by atoms with Crippen LogP contribution in [-0.2, 0) is 0 Å². The average molecular weight is 457 g/mol. The molecule has 1 aliphatic heterocycles. The van der Waals surface area contributed by atoms with Crippen molar-refractivity contribution in [3.05, 3.63) is 64.4 Å². The Kier molecular flexibility index (Phi) is 4.75. The number of hydrogen-bond acceptors (Lipinski definition) is 3. The number of benzene rings is 1. The quantitative estimate of drug-likeness (QED) is 0.468. The van der Waals surface area contributed by atoms with E-state index in [0.29, 0.717) is 0 Å². The molecule has 0 bridgehead atoms. The van der Waals surface area contributed by atoms with Crippen molar-refractivity contribution >= 4 is 35.9 Å². The Morgan fingerprint density at radius 2 is 2.04 bits per heavy atom. The van der Waals surface area contributed by atoms with Gasteiger partial charge in [-0.3, -0.25) is 0 Å². The first kappa shape index (κ1) is 17.2. The van der Waals surface area contributed by atoms with Gasteiger partial charge in [-0.1, -0.05) is 0 Å².